The Morgan fingerprint density at radius 3 is 2.36 bits per heavy atom. The highest BCUT2D eigenvalue weighted by atomic mass is 16.2. The molecule has 0 aromatic heterocycles. The molecule has 1 fully saturated rings. The van der Waals surface area contributed by atoms with Gasteiger partial charge in [0.2, 0.25) is 5.91 Å². The molecule has 1 aliphatic carbocycles. The maximum absolute atomic E-state index is 13.1. The molecule has 0 bridgehead atoms. The molecule has 0 spiro atoms. The van der Waals surface area contributed by atoms with Crippen LogP contribution in [0.4, 0.5) is 5.69 Å². The van der Waals surface area contributed by atoms with Crippen molar-refractivity contribution in [2.75, 3.05) is 4.90 Å². The van der Waals surface area contributed by atoms with E-state index >= 15 is 0 Å². The lowest BCUT2D eigenvalue weighted by atomic mass is 9.72. The monoisotopic (exact) mass is 291 g/mol. The van der Waals surface area contributed by atoms with Gasteiger partial charge in [-0.3, -0.25) is 4.79 Å². The number of amides is 1. The summed E-state index contributed by atoms with van der Waals surface area (Å²) in [6, 6.07) is 18.8. The van der Waals surface area contributed by atoms with Crippen LogP contribution in [0.3, 0.4) is 0 Å². The van der Waals surface area contributed by atoms with Gasteiger partial charge in [-0.1, -0.05) is 61.4 Å². The molecule has 1 saturated carbocycles. The second kappa shape index (κ2) is 5.60. The molecule has 2 heteroatoms. The first-order chi connectivity index (χ1) is 10.8. The van der Waals surface area contributed by atoms with Crippen LogP contribution in [-0.2, 0) is 11.3 Å². The Balaban J connectivity index is 1.75. The van der Waals surface area contributed by atoms with Gasteiger partial charge in [0.15, 0.2) is 0 Å². The molecule has 1 heterocycles. The number of para-hydroxylation sites is 1. The summed E-state index contributed by atoms with van der Waals surface area (Å²) in [5.41, 5.74) is 3.70. The second-order valence-corrected chi connectivity index (χ2v) is 6.47. The van der Waals surface area contributed by atoms with Gasteiger partial charge in [0.1, 0.15) is 0 Å². The molecule has 0 N–H and O–H groups in total. The van der Waals surface area contributed by atoms with Crippen molar-refractivity contribution in [2.45, 2.75) is 38.1 Å². The third-order valence-corrected chi connectivity index (χ3v) is 5.16. The van der Waals surface area contributed by atoms with Gasteiger partial charge in [-0.05, 0) is 36.0 Å². The number of rotatable bonds is 2. The Bertz CT molecular complexity index is 679. The van der Waals surface area contributed by atoms with Gasteiger partial charge in [-0.2, -0.15) is 0 Å². The molecular weight excluding hydrogens is 270 g/mol. The quantitative estimate of drug-likeness (QED) is 0.797. The number of benzene rings is 2. The van der Waals surface area contributed by atoms with Crippen LogP contribution in [0.15, 0.2) is 54.6 Å². The molecule has 2 atom stereocenters. The molecule has 2 nitrogen and oxygen atoms in total. The molecule has 112 valence electrons. The predicted molar refractivity (Wildman–Crippen MR) is 88.8 cm³/mol. The summed E-state index contributed by atoms with van der Waals surface area (Å²) in [4.78, 5) is 15.1. The van der Waals surface area contributed by atoms with Crippen LogP contribution in [0.25, 0.3) is 0 Å². The van der Waals surface area contributed by atoms with Crippen molar-refractivity contribution in [3.63, 3.8) is 0 Å². The summed E-state index contributed by atoms with van der Waals surface area (Å²) in [5.74, 6) is 0.948. The zero-order valence-corrected chi connectivity index (χ0v) is 12.7. The van der Waals surface area contributed by atoms with Gasteiger partial charge in [-0.15, -0.1) is 0 Å². The highest BCUT2D eigenvalue weighted by Crippen LogP contribution is 2.46. The fourth-order valence-corrected chi connectivity index (χ4v) is 4.09. The molecule has 2 unspecified atom stereocenters. The van der Waals surface area contributed by atoms with Crippen molar-refractivity contribution in [1.29, 1.82) is 0 Å². The van der Waals surface area contributed by atoms with Crippen molar-refractivity contribution in [2.24, 2.45) is 5.92 Å². The Morgan fingerprint density at radius 2 is 1.55 bits per heavy atom. The zero-order chi connectivity index (χ0) is 14.9. The van der Waals surface area contributed by atoms with Gasteiger partial charge in [0.05, 0.1) is 6.54 Å². The molecule has 0 saturated heterocycles. The minimum atomic E-state index is 0.187. The van der Waals surface area contributed by atoms with Crippen molar-refractivity contribution in [3.05, 3.63) is 65.7 Å². The van der Waals surface area contributed by atoms with E-state index in [-0.39, 0.29) is 5.92 Å². The Labute approximate surface area is 131 Å². The first kappa shape index (κ1) is 13.6. The standard InChI is InChI=1S/C20H21NO/c22-20-18-12-5-4-10-16(18)17-11-6-7-13-19(17)21(20)14-15-8-2-1-3-9-15/h1-3,6-9,11,13,16,18H,4-5,10,12,14H2. The Kier molecular flexibility index (Phi) is 3.45. The van der Waals surface area contributed by atoms with Crippen LogP contribution in [0, 0.1) is 5.92 Å². The number of carbonyl (C=O) groups excluding carboxylic acids is 1. The van der Waals surface area contributed by atoms with Crippen molar-refractivity contribution < 1.29 is 4.79 Å². The SMILES string of the molecule is O=C1C2CCCCC2c2ccccc2N1Cc1ccccc1. The van der Waals surface area contributed by atoms with E-state index in [0.717, 1.165) is 18.5 Å². The topological polar surface area (TPSA) is 20.3 Å². The Morgan fingerprint density at radius 1 is 0.864 bits per heavy atom. The van der Waals surface area contributed by atoms with E-state index in [1.54, 1.807) is 0 Å². The third kappa shape index (κ3) is 2.23. The largest absolute Gasteiger partial charge is 0.307 e. The molecule has 2 aromatic rings. The van der Waals surface area contributed by atoms with Crippen molar-refractivity contribution >= 4 is 11.6 Å². The maximum Gasteiger partial charge on any atom is 0.231 e. The Hall–Kier alpha value is -2.09. The molecule has 1 aliphatic heterocycles. The van der Waals surface area contributed by atoms with Crippen LogP contribution in [0.1, 0.15) is 42.7 Å². The van der Waals surface area contributed by atoms with E-state index in [4.69, 9.17) is 0 Å². The highest BCUT2D eigenvalue weighted by Gasteiger charge is 2.40. The predicted octanol–water partition coefficient (Wildman–Crippen LogP) is 4.51. The van der Waals surface area contributed by atoms with Crippen LogP contribution < -0.4 is 4.90 Å². The lowest BCUT2D eigenvalue weighted by Crippen LogP contribution is -2.44. The van der Waals surface area contributed by atoms with E-state index in [0.29, 0.717) is 18.4 Å². The molecule has 1 amide bonds. The van der Waals surface area contributed by atoms with Gasteiger partial charge in [-0.25, -0.2) is 0 Å². The summed E-state index contributed by atoms with van der Waals surface area (Å²) in [6.45, 7) is 0.680. The van der Waals surface area contributed by atoms with Crippen molar-refractivity contribution in [1.82, 2.24) is 0 Å². The maximum atomic E-state index is 13.1. The summed E-state index contributed by atoms with van der Waals surface area (Å²) < 4.78 is 0. The number of hydrogen-bond acceptors (Lipinski definition) is 1. The number of nitrogens with zero attached hydrogens (tertiary/aromatic N) is 1. The molecule has 0 radical (unpaired) electrons. The van der Waals surface area contributed by atoms with E-state index in [1.165, 1.54) is 24.0 Å². The summed E-state index contributed by atoms with van der Waals surface area (Å²) >= 11 is 0. The molecule has 2 aromatic carbocycles. The lowest BCUT2D eigenvalue weighted by Gasteiger charge is -2.41. The first-order valence-electron chi connectivity index (χ1n) is 8.29. The number of fused-ring (bicyclic) bond motifs is 3. The normalized spacial score (nSPS) is 23.8. The summed E-state index contributed by atoms with van der Waals surface area (Å²) in [7, 11) is 0. The first-order valence-corrected chi connectivity index (χ1v) is 8.29. The molecule has 4 rings (SSSR count). The number of hydrogen-bond donors (Lipinski definition) is 0. The van der Waals surface area contributed by atoms with Crippen LogP contribution in [0.2, 0.25) is 0 Å². The fourth-order valence-electron chi connectivity index (χ4n) is 4.09. The lowest BCUT2D eigenvalue weighted by molar-refractivity contribution is -0.124. The van der Waals surface area contributed by atoms with Gasteiger partial charge < -0.3 is 4.90 Å². The molecule has 22 heavy (non-hydrogen) atoms. The van der Waals surface area contributed by atoms with Crippen LogP contribution in [-0.4, -0.2) is 5.91 Å². The summed E-state index contributed by atoms with van der Waals surface area (Å²) in [5, 5.41) is 0. The van der Waals surface area contributed by atoms with Gasteiger partial charge >= 0.3 is 0 Å². The molecule has 2 aliphatic rings. The third-order valence-electron chi connectivity index (χ3n) is 5.16. The second-order valence-electron chi connectivity index (χ2n) is 6.47. The number of carbonyl (C=O) groups is 1. The summed E-state index contributed by atoms with van der Waals surface area (Å²) in [6.07, 6.45) is 4.64. The van der Waals surface area contributed by atoms with E-state index in [9.17, 15) is 4.79 Å². The zero-order valence-electron chi connectivity index (χ0n) is 12.7. The smallest absolute Gasteiger partial charge is 0.231 e. The van der Waals surface area contributed by atoms with Crippen molar-refractivity contribution in [3.8, 4) is 0 Å². The minimum absolute atomic E-state index is 0.187. The van der Waals surface area contributed by atoms with E-state index in [2.05, 4.69) is 30.3 Å². The van der Waals surface area contributed by atoms with Gasteiger partial charge in [0, 0.05) is 11.6 Å². The minimum Gasteiger partial charge on any atom is -0.307 e. The highest BCUT2D eigenvalue weighted by molar-refractivity contribution is 5.99. The van der Waals surface area contributed by atoms with Crippen LogP contribution in [0.5, 0.6) is 0 Å². The van der Waals surface area contributed by atoms with Crippen LogP contribution >= 0.6 is 0 Å². The van der Waals surface area contributed by atoms with Gasteiger partial charge in [0.25, 0.3) is 0 Å². The van der Waals surface area contributed by atoms with E-state index < -0.39 is 0 Å². The average molecular weight is 291 g/mol. The number of anilines is 1. The molecular formula is C20H21NO. The fraction of sp³-hybridized carbons (Fsp3) is 0.350. The van der Waals surface area contributed by atoms with E-state index in [1.807, 2.05) is 29.2 Å². The average Bonchev–Trinajstić information content (AvgIpc) is 2.59.